The number of aliphatic carboxylic acids is 1. The molecule has 1 heterocycles. The molecular formula is C13H17ClO2S. The van der Waals surface area contributed by atoms with Gasteiger partial charge >= 0.3 is 5.97 Å². The Balaban J connectivity index is 0.00000144. The molecule has 1 fully saturated rings. The van der Waals surface area contributed by atoms with E-state index < -0.39 is 5.97 Å². The summed E-state index contributed by atoms with van der Waals surface area (Å²) in [6.07, 6.45) is 1.57. The molecule has 1 aromatic rings. The number of carboxylic acids is 1. The molecule has 0 spiro atoms. The van der Waals surface area contributed by atoms with Crippen molar-refractivity contribution in [3.63, 3.8) is 0 Å². The second-order valence-corrected chi connectivity index (χ2v) is 6.60. The molecule has 17 heavy (non-hydrogen) atoms. The highest BCUT2D eigenvalue weighted by Gasteiger charge is 2.33. The highest BCUT2D eigenvalue weighted by Crippen LogP contribution is 2.30. The molecule has 1 aliphatic heterocycles. The Morgan fingerprint density at radius 2 is 2.06 bits per heavy atom. The third kappa shape index (κ3) is 4.25. The van der Waals surface area contributed by atoms with Crippen molar-refractivity contribution >= 4 is 16.9 Å². The lowest BCUT2D eigenvalue weighted by Gasteiger charge is -2.05. The zero-order valence-electron chi connectivity index (χ0n) is 9.64. The van der Waals surface area contributed by atoms with E-state index in [1.54, 1.807) is 0 Å². The second kappa shape index (κ2) is 6.92. The summed E-state index contributed by atoms with van der Waals surface area (Å²) in [5.41, 5.74) is 1.42. The Labute approximate surface area is 111 Å². The van der Waals surface area contributed by atoms with Crippen LogP contribution in [-0.4, -0.2) is 28.3 Å². The molecular weight excluding hydrogens is 256 g/mol. The van der Waals surface area contributed by atoms with E-state index >= 15 is 0 Å². The van der Waals surface area contributed by atoms with E-state index in [9.17, 15) is 4.79 Å². The summed E-state index contributed by atoms with van der Waals surface area (Å²) in [5, 5.41) is 8.66. The Hall–Kier alpha value is -0.670. The van der Waals surface area contributed by atoms with Gasteiger partial charge in [-0.15, -0.1) is 0 Å². The quantitative estimate of drug-likeness (QED) is 0.734. The minimum atomic E-state index is -0.657. The van der Waals surface area contributed by atoms with Crippen LogP contribution in [-0.2, 0) is 15.7 Å². The molecule has 0 aliphatic carbocycles. The predicted octanol–water partition coefficient (Wildman–Crippen LogP) is -0.729. The Morgan fingerprint density at radius 3 is 2.71 bits per heavy atom. The summed E-state index contributed by atoms with van der Waals surface area (Å²) in [5.74, 6) is 3.29. The second-order valence-electron chi connectivity index (χ2n) is 4.23. The summed E-state index contributed by atoms with van der Waals surface area (Å²) in [4.78, 5) is 10.5. The Morgan fingerprint density at radius 1 is 1.35 bits per heavy atom. The molecule has 2 unspecified atom stereocenters. The zero-order valence-corrected chi connectivity index (χ0v) is 11.2. The number of rotatable bonds is 4. The van der Waals surface area contributed by atoms with E-state index in [0.29, 0.717) is 23.2 Å². The van der Waals surface area contributed by atoms with Crippen molar-refractivity contribution in [2.24, 2.45) is 0 Å². The molecule has 1 aromatic carbocycles. The zero-order chi connectivity index (χ0) is 11.4. The molecule has 0 bridgehead atoms. The lowest BCUT2D eigenvalue weighted by atomic mass is 9.99. The third-order valence-corrected chi connectivity index (χ3v) is 5.54. The Kier molecular flexibility index (Phi) is 5.86. The summed E-state index contributed by atoms with van der Waals surface area (Å²) < 4.78 is 0. The predicted molar refractivity (Wildman–Crippen MR) is 68.0 cm³/mol. The van der Waals surface area contributed by atoms with Crippen molar-refractivity contribution < 1.29 is 22.3 Å². The lowest BCUT2D eigenvalue weighted by Crippen LogP contribution is -3.00. The van der Waals surface area contributed by atoms with Crippen LogP contribution >= 0.6 is 0 Å². The molecule has 0 aromatic heterocycles. The first kappa shape index (κ1) is 14.4. The normalized spacial score (nSPS) is 23.1. The van der Waals surface area contributed by atoms with E-state index in [-0.39, 0.29) is 12.4 Å². The summed E-state index contributed by atoms with van der Waals surface area (Å²) >= 11 is 0. The minimum Gasteiger partial charge on any atom is -1.00 e. The van der Waals surface area contributed by atoms with E-state index in [2.05, 4.69) is 24.3 Å². The summed E-state index contributed by atoms with van der Waals surface area (Å²) in [7, 11) is 0.341. The molecule has 2 atom stereocenters. The number of benzene rings is 1. The van der Waals surface area contributed by atoms with Gasteiger partial charge in [-0.25, -0.2) is 0 Å². The molecule has 1 saturated heterocycles. The van der Waals surface area contributed by atoms with Gasteiger partial charge in [0.25, 0.3) is 0 Å². The lowest BCUT2D eigenvalue weighted by molar-refractivity contribution is -0.136. The molecule has 1 N–H and O–H groups in total. The number of hydrogen-bond acceptors (Lipinski definition) is 1. The molecule has 4 heteroatoms. The first-order valence-corrected chi connectivity index (χ1v) is 7.40. The summed E-state index contributed by atoms with van der Waals surface area (Å²) in [6, 6.07) is 10.6. The minimum absolute atomic E-state index is 0. The van der Waals surface area contributed by atoms with Crippen LogP contribution in [0.15, 0.2) is 30.3 Å². The van der Waals surface area contributed by atoms with Crippen molar-refractivity contribution in [1.82, 2.24) is 0 Å². The van der Waals surface area contributed by atoms with Gasteiger partial charge in [0.05, 0.1) is 6.42 Å². The third-order valence-electron chi connectivity index (χ3n) is 3.07. The van der Waals surface area contributed by atoms with Crippen LogP contribution in [0.2, 0.25) is 0 Å². The molecule has 2 nitrogen and oxygen atoms in total. The van der Waals surface area contributed by atoms with Crippen molar-refractivity contribution in [1.29, 1.82) is 0 Å². The molecule has 1 aliphatic rings. The van der Waals surface area contributed by atoms with Gasteiger partial charge < -0.3 is 17.5 Å². The van der Waals surface area contributed by atoms with Gasteiger partial charge in [0.2, 0.25) is 0 Å². The SMILES string of the molecule is O=C(O)CC[S+]1CCC(c2ccccc2)C1.[Cl-]. The molecule has 2 rings (SSSR count). The van der Waals surface area contributed by atoms with Crippen LogP contribution < -0.4 is 12.4 Å². The first-order chi connectivity index (χ1) is 7.75. The van der Waals surface area contributed by atoms with Gasteiger partial charge in [0, 0.05) is 12.3 Å². The standard InChI is InChI=1S/C13H16O2S.ClH/c14-13(15)7-9-16-8-6-12(10-16)11-4-2-1-3-5-11;/h1-5,12H,6-10H2;1H. The highest BCUT2D eigenvalue weighted by molar-refractivity contribution is 7.97. The van der Waals surface area contributed by atoms with Crippen molar-refractivity contribution in [2.45, 2.75) is 18.8 Å². The monoisotopic (exact) mass is 272 g/mol. The number of hydrogen-bond donors (Lipinski definition) is 1. The smallest absolute Gasteiger partial charge is 0.308 e. The number of carbonyl (C=O) groups is 1. The Bertz CT molecular complexity index is 356. The van der Waals surface area contributed by atoms with Gasteiger partial charge in [-0.2, -0.15) is 0 Å². The van der Waals surface area contributed by atoms with Crippen molar-refractivity contribution in [3.8, 4) is 0 Å². The maximum absolute atomic E-state index is 10.5. The van der Waals surface area contributed by atoms with Crippen LogP contribution in [0.5, 0.6) is 0 Å². The maximum Gasteiger partial charge on any atom is 0.308 e. The largest absolute Gasteiger partial charge is 1.00 e. The molecule has 0 amide bonds. The van der Waals surface area contributed by atoms with Gasteiger partial charge in [-0.05, 0) is 16.5 Å². The summed E-state index contributed by atoms with van der Waals surface area (Å²) in [6.45, 7) is 0. The first-order valence-electron chi connectivity index (χ1n) is 5.66. The van der Waals surface area contributed by atoms with Crippen molar-refractivity contribution in [3.05, 3.63) is 35.9 Å². The number of halogens is 1. The van der Waals surface area contributed by atoms with Crippen LogP contribution in [0, 0.1) is 0 Å². The van der Waals surface area contributed by atoms with Crippen LogP contribution in [0.1, 0.15) is 24.3 Å². The fraction of sp³-hybridized carbons (Fsp3) is 0.462. The van der Waals surface area contributed by atoms with E-state index in [0.717, 1.165) is 5.75 Å². The average Bonchev–Trinajstić information content (AvgIpc) is 2.76. The van der Waals surface area contributed by atoms with Gasteiger partial charge in [0.1, 0.15) is 17.3 Å². The van der Waals surface area contributed by atoms with Crippen LogP contribution in [0.4, 0.5) is 0 Å². The van der Waals surface area contributed by atoms with E-state index in [1.165, 1.54) is 23.5 Å². The highest BCUT2D eigenvalue weighted by atomic mass is 35.5. The molecule has 0 saturated carbocycles. The molecule has 0 radical (unpaired) electrons. The fourth-order valence-corrected chi connectivity index (χ4v) is 4.71. The van der Waals surface area contributed by atoms with Crippen LogP contribution in [0.25, 0.3) is 0 Å². The van der Waals surface area contributed by atoms with Crippen molar-refractivity contribution in [2.75, 3.05) is 17.3 Å². The maximum atomic E-state index is 10.5. The van der Waals surface area contributed by atoms with E-state index in [4.69, 9.17) is 5.11 Å². The van der Waals surface area contributed by atoms with Crippen LogP contribution in [0.3, 0.4) is 0 Å². The average molecular weight is 273 g/mol. The van der Waals surface area contributed by atoms with Gasteiger partial charge in [-0.1, -0.05) is 30.3 Å². The topological polar surface area (TPSA) is 37.3 Å². The molecule has 94 valence electrons. The van der Waals surface area contributed by atoms with Gasteiger partial charge in [-0.3, -0.25) is 4.79 Å². The fourth-order valence-electron chi connectivity index (χ4n) is 2.17. The van der Waals surface area contributed by atoms with Gasteiger partial charge in [0.15, 0.2) is 0 Å². The number of carboxylic acid groups (broad SMARTS) is 1. The van der Waals surface area contributed by atoms with E-state index in [1.807, 2.05) is 6.07 Å².